The summed E-state index contributed by atoms with van der Waals surface area (Å²) >= 11 is 1.49. The number of nitrogens with zero attached hydrogens (tertiary/aromatic N) is 5. The van der Waals surface area contributed by atoms with E-state index in [-0.39, 0.29) is 5.91 Å². The molecular formula is C18H21N5OS. The van der Waals surface area contributed by atoms with Gasteiger partial charge in [0.2, 0.25) is 11.1 Å². The van der Waals surface area contributed by atoms with Gasteiger partial charge in [0, 0.05) is 30.5 Å². The van der Waals surface area contributed by atoms with Crippen molar-refractivity contribution in [3.63, 3.8) is 0 Å². The fraction of sp³-hybridized carbons (Fsp3) is 0.333. The van der Waals surface area contributed by atoms with Crippen molar-refractivity contribution >= 4 is 29.1 Å². The van der Waals surface area contributed by atoms with Crippen molar-refractivity contribution in [2.45, 2.75) is 31.8 Å². The van der Waals surface area contributed by atoms with Gasteiger partial charge in [-0.15, -0.1) is 5.10 Å². The first-order chi connectivity index (χ1) is 12.0. The Balaban J connectivity index is 1.80. The first-order valence-corrected chi connectivity index (χ1v) is 9.32. The average Bonchev–Trinajstić information content (AvgIpc) is 3.04. The highest BCUT2D eigenvalue weighted by Gasteiger charge is 2.16. The van der Waals surface area contributed by atoms with Crippen LogP contribution in [-0.4, -0.2) is 38.8 Å². The lowest BCUT2D eigenvalue weighted by Crippen LogP contribution is -2.26. The molecule has 0 aliphatic carbocycles. The first-order valence-electron chi connectivity index (χ1n) is 8.09. The summed E-state index contributed by atoms with van der Waals surface area (Å²) in [5.74, 6) is 0.685. The molecule has 1 amide bonds. The Kier molecular flexibility index (Phi) is 5.03. The van der Waals surface area contributed by atoms with E-state index in [2.05, 4.69) is 15.1 Å². The molecule has 3 rings (SSSR count). The first kappa shape index (κ1) is 17.4. The summed E-state index contributed by atoms with van der Waals surface area (Å²) in [7, 11) is 1.81. The fourth-order valence-electron chi connectivity index (χ4n) is 2.83. The molecule has 0 aliphatic heterocycles. The number of hydrogen-bond acceptors (Lipinski definition) is 5. The second kappa shape index (κ2) is 7.23. The summed E-state index contributed by atoms with van der Waals surface area (Å²) < 4.78 is 1.76. The van der Waals surface area contributed by atoms with E-state index < -0.39 is 0 Å². The molecule has 2 heterocycles. The summed E-state index contributed by atoms with van der Waals surface area (Å²) in [5.41, 5.74) is 3.85. The van der Waals surface area contributed by atoms with Crippen LogP contribution in [0, 0.1) is 13.8 Å². The number of aromatic nitrogens is 4. The molecule has 0 spiro atoms. The van der Waals surface area contributed by atoms with Crippen molar-refractivity contribution in [3.8, 4) is 0 Å². The van der Waals surface area contributed by atoms with E-state index in [4.69, 9.17) is 0 Å². The van der Waals surface area contributed by atoms with E-state index >= 15 is 0 Å². The van der Waals surface area contributed by atoms with Crippen LogP contribution in [0.25, 0.3) is 5.78 Å². The van der Waals surface area contributed by atoms with Gasteiger partial charge in [-0.1, -0.05) is 30.0 Å². The largest absolute Gasteiger partial charge is 0.315 e. The maximum absolute atomic E-state index is 12.5. The molecule has 0 bridgehead atoms. The van der Waals surface area contributed by atoms with Crippen LogP contribution in [0.5, 0.6) is 0 Å². The summed E-state index contributed by atoms with van der Waals surface area (Å²) in [4.78, 5) is 23.1. The third kappa shape index (κ3) is 3.51. The predicted octanol–water partition coefficient (Wildman–Crippen LogP) is 3.06. The molecule has 0 fully saturated rings. The molecule has 0 atom stereocenters. The van der Waals surface area contributed by atoms with Gasteiger partial charge < -0.3 is 4.90 Å². The van der Waals surface area contributed by atoms with Gasteiger partial charge in [-0.05, 0) is 44.2 Å². The number of anilines is 1. The normalized spacial score (nSPS) is 11.0. The van der Waals surface area contributed by atoms with Gasteiger partial charge in [0.05, 0.1) is 0 Å². The van der Waals surface area contributed by atoms with Crippen molar-refractivity contribution in [1.82, 2.24) is 19.6 Å². The third-order valence-corrected chi connectivity index (χ3v) is 4.86. The number of fused-ring (bicyclic) bond motifs is 1. The molecule has 7 heteroatoms. The summed E-state index contributed by atoms with van der Waals surface area (Å²) in [6.07, 6.45) is 2.99. The minimum atomic E-state index is 0.0773. The SMILES string of the molecule is CSc1nc2nc(C)c(CCC(=O)N(C)c3ccccc3)c(C)n2n1. The van der Waals surface area contributed by atoms with Gasteiger partial charge in [-0.2, -0.15) is 4.98 Å². The quantitative estimate of drug-likeness (QED) is 0.658. The maximum atomic E-state index is 12.5. The Morgan fingerprint density at radius 2 is 1.92 bits per heavy atom. The van der Waals surface area contributed by atoms with E-state index in [0.29, 0.717) is 23.8 Å². The molecule has 1 aromatic carbocycles. The zero-order chi connectivity index (χ0) is 18.0. The van der Waals surface area contributed by atoms with Crippen molar-refractivity contribution in [1.29, 1.82) is 0 Å². The highest BCUT2D eigenvalue weighted by Crippen LogP contribution is 2.19. The topological polar surface area (TPSA) is 63.4 Å². The number of aryl methyl sites for hydroxylation is 2. The van der Waals surface area contributed by atoms with Gasteiger partial charge in [0.1, 0.15) is 0 Å². The molecule has 130 valence electrons. The highest BCUT2D eigenvalue weighted by molar-refractivity contribution is 7.98. The Morgan fingerprint density at radius 3 is 2.60 bits per heavy atom. The van der Waals surface area contributed by atoms with Gasteiger partial charge in [-0.25, -0.2) is 9.50 Å². The number of para-hydroxylation sites is 1. The van der Waals surface area contributed by atoms with Gasteiger partial charge in [0.15, 0.2) is 0 Å². The van der Waals surface area contributed by atoms with Crippen LogP contribution in [0.1, 0.15) is 23.4 Å². The van der Waals surface area contributed by atoms with E-state index in [1.54, 1.807) is 16.5 Å². The second-order valence-corrected chi connectivity index (χ2v) is 6.63. The Hall–Kier alpha value is -2.41. The van der Waals surface area contributed by atoms with Crippen LogP contribution in [-0.2, 0) is 11.2 Å². The van der Waals surface area contributed by atoms with E-state index in [9.17, 15) is 4.79 Å². The van der Waals surface area contributed by atoms with Crippen molar-refractivity contribution in [2.75, 3.05) is 18.2 Å². The van der Waals surface area contributed by atoms with Crippen LogP contribution >= 0.6 is 11.8 Å². The standard InChI is InChI=1S/C18H21N5OS/c1-12-15(13(2)23-17(19-12)20-18(21-23)25-4)10-11-16(24)22(3)14-8-6-5-7-9-14/h5-9H,10-11H2,1-4H3. The third-order valence-electron chi connectivity index (χ3n) is 4.32. The van der Waals surface area contributed by atoms with Crippen LogP contribution in [0.15, 0.2) is 35.5 Å². The van der Waals surface area contributed by atoms with Crippen LogP contribution in [0.2, 0.25) is 0 Å². The second-order valence-electron chi connectivity index (χ2n) is 5.86. The molecule has 6 nitrogen and oxygen atoms in total. The van der Waals surface area contributed by atoms with E-state index in [1.807, 2.05) is 50.4 Å². The van der Waals surface area contributed by atoms with Crippen LogP contribution < -0.4 is 4.90 Å². The minimum absolute atomic E-state index is 0.0773. The monoisotopic (exact) mass is 355 g/mol. The molecule has 0 N–H and O–H groups in total. The maximum Gasteiger partial charge on any atom is 0.253 e. The lowest BCUT2D eigenvalue weighted by atomic mass is 10.1. The summed E-state index contributed by atoms with van der Waals surface area (Å²) in [6, 6.07) is 9.66. The number of benzene rings is 1. The van der Waals surface area contributed by atoms with Crippen LogP contribution in [0.3, 0.4) is 0 Å². The number of carbonyl (C=O) groups is 1. The molecule has 0 unspecified atom stereocenters. The Labute approximate surface area is 151 Å². The Morgan fingerprint density at radius 1 is 1.20 bits per heavy atom. The highest BCUT2D eigenvalue weighted by atomic mass is 32.2. The molecule has 0 radical (unpaired) electrons. The average molecular weight is 355 g/mol. The number of thioether (sulfide) groups is 1. The summed E-state index contributed by atoms with van der Waals surface area (Å²) in [5, 5.41) is 5.15. The molecule has 0 aliphatic rings. The van der Waals surface area contributed by atoms with Crippen molar-refractivity contribution < 1.29 is 4.79 Å². The predicted molar refractivity (Wildman–Crippen MR) is 100 cm³/mol. The minimum Gasteiger partial charge on any atom is -0.315 e. The molecule has 0 saturated carbocycles. The zero-order valence-corrected chi connectivity index (χ0v) is 15.7. The smallest absolute Gasteiger partial charge is 0.253 e. The summed E-state index contributed by atoms with van der Waals surface area (Å²) in [6.45, 7) is 3.96. The molecule has 25 heavy (non-hydrogen) atoms. The number of rotatable bonds is 5. The van der Waals surface area contributed by atoms with E-state index in [0.717, 1.165) is 22.6 Å². The fourth-order valence-corrected chi connectivity index (χ4v) is 3.17. The van der Waals surface area contributed by atoms with Gasteiger partial charge in [0.25, 0.3) is 5.78 Å². The molecule has 3 aromatic rings. The van der Waals surface area contributed by atoms with Gasteiger partial charge >= 0.3 is 0 Å². The molecular weight excluding hydrogens is 334 g/mol. The van der Waals surface area contributed by atoms with E-state index in [1.165, 1.54) is 11.8 Å². The molecule has 0 saturated heterocycles. The number of amides is 1. The van der Waals surface area contributed by atoms with Crippen molar-refractivity contribution in [2.24, 2.45) is 0 Å². The number of carbonyl (C=O) groups excluding carboxylic acids is 1. The van der Waals surface area contributed by atoms with Crippen molar-refractivity contribution in [3.05, 3.63) is 47.3 Å². The Bertz CT molecular complexity index is 907. The molecule has 2 aromatic heterocycles. The lowest BCUT2D eigenvalue weighted by molar-refractivity contribution is -0.118. The number of hydrogen-bond donors (Lipinski definition) is 0. The van der Waals surface area contributed by atoms with Crippen LogP contribution in [0.4, 0.5) is 5.69 Å². The van der Waals surface area contributed by atoms with Gasteiger partial charge in [-0.3, -0.25) is 4.79 Å². The zero-order valence-electron chi connectivity index (χ0n) is 14.9. The lowest BCUT2D eigenvalue weighted by Gasteiger charge is -2.18.